The van der Waals surface area contributed by atoms with Gasteiger partial charge in [-0.05, 0) is 6.92 Å². The summed E-state index contributed by atoms with van der Waals surface area (Å²) < 4.78 is 113. The van der Waals surface area contributed by atoms with Crippen LogP contribution < -0.4 is 21.3 Å². The Morgan fingerprint density at radius 2 is 0.516 bits per heavy atom. The first kappa shape index (κ1) is 100. The summed E-state index contributed by atoms with van der Waals surface area (Å²) in [5, 5.41) is 311. The number of hydrogen-bond acceptors (Lipinski definition) is 50. The van der Waals surface area contributed by atoms with Crippen LogP contribution in [-0.4, -0.2) is 528 Å². The molecule has 10 aliphatic heterocycles. The van der Waals surface area contributed by atoms with E-state index in [0.717, 1.165) is 27.7 Å². The molecule has 10 rings (SSSR count). The van der Waals surface area contributed by atoms with Crippen molar-refractivity contribution in [3.8, 4) is 0 Å². The third-order valence-electron chi connectivity index (χ3n) is 22.4. The first-order valence-electron chi connectivity index (χ1n) is 39.0. The van der Waals surface area contributed by atoms with Crippen molar-refractivity contribution in [3.05, 3.63) is 0 Å². The van der Waals surface area contributed by atoms with Crippen molar-refractivity contribution in [1.29, 1.82) is 0 Å². The molecule has 31 N–H and O–H groups in total. The second-order valence-corrected chi connectivity index (χ2v) is 31.0. The molecule has 122 heavy (non-hydrogen) atoms. The summed E-state index contributed by atoms with van der Waals surface area (Å²) in [5.74, 6) is -3.77. The standard InChI is InChI=1S/C68H114N4O50/c1-15-33(84)43(94)48(99)63(106-15)104-14-28-54(40(91)29(59(103)107-28)69-16(2)80)116-60-30(70-17(3)81)41(92)53(26(12-79)113-60)118-66-51(102)56(120-68-58(47(98)37(88)23(9-76)112-68)122-62-32(72-19(5)83)55(38(89)24(10-77)108-62)119-65-50(101)45(96)35(86)21(7-74)110-65)39(90)27(115-66)13-105-67-57(46(97)36(87)22(8-75)111-67)121-61-31(71-18(4)82)42(93)52(25(11-78)114-61)117-64-49(100)44(95)34(85)20(6-73)109-64/h15,20-68,73-79,84-103H,6-14H2,1-5H3,(H,69,80)(H,70,81)(H,71,82)(H,72,83)/t15-,20+,21+,22+,23+,24+,25+,26+,27+,28+,29+,30+,31+,32+,33+,34-,35-,36+,37+,38+,39+,40+,41+,42+,43+,44-,45-,46-,47-,48-,49+,50+,51-,52+,53+,54+,55+,56-,57-,58-,59?,60-,61-,62-,63+,64-,65-,66-,67-,68+/m0/s1. The molecule has 706 valence electrons. The van der Waals surface area contributed by atoms with E-state index in [4.69, 9.17) is 90.0 Å². The molecule has 0 radical (unpaired) electrons. The molecule has 10 fully saturated rings. The van der Waals surface area contributed by atoms with Crippen molar-refractivity contribution in [1.82, 2.24) is 21.3 Å². The van der Waals surface area contributed by atoms with Gasteiger partial charge >= 0.3 is 0 Å². The largest absolute Gasteiger partial charge is 0.394 e. The minimum atomic E-state index is -2.64. The first-order valence-corrected chi connectivity index (χ1v) is 39.0. The highest BCUT2D eigenvalue weighted by atomic mass is 16.8. The van der Waals surface area contributed by atoms with Crippen LogP contribution in [0.1, 0.15) is 34.6 Å². The summed E-state index contributed by atoms with van der Waals surface area (Å²) in [6.45, 7) is -4.89. The summed E-state index contributed by atoms with van der Waals surface area (Å²) in [6, 6.07) is -7.69. The van der Waals surface area contributed by atoms with Crippen molar-refractivity contribution in [3.63, 3.8) is 0 Å². The van der Waals surface area contributed by atoms with E-state index in [-0.39, 0.29) is 0 Å². The molecule has 0 saturated carbocycles. The van der Waals surface area contributed by atoms with Crippen LogP contribution in [-0.2, 0) is 109 Å². The fraction of sp³-hybridized carbons (Fsp3) is 0.941. The highest BCUT2D eigenvalue weighted by Crippen LogP contribution is 2.41. The Balaban J connectivity index is 0.993. The molecular weight excluding hydrogens is 1670 g/mol. The van der Waals surface area contributed by atoms with Crippen LogP contribution >= 0.6 is 0 Å². The van der Waals surface area contributed by atoms with E-state index in [2.05, 4.69) is 21.3 Å². The predicted molar refractivity (Wildman–Crippen MR) is 375 cm³/mol. The Kier molecular flexibility index (Phi) is 35.8. The summed E-state index contributed by atoms with van der Waals surface area (Å²) in [4.78, 5) is 51.8. The monoisotopic (exact) mass is 1790 g/mol. The SMILES string of the molecule is CC(=O)N[C@H]1[C@H](O[C@H]2[C@H](O)[C@@H](NC(C)=O)C(O)O[C@@H]2CO[C@@H]2O[C@@H](C)[C@@H](O)[C@@H](O)[C@@H]2O)O[C@H](CO)[C@@H](O[C@@H]2O[C@H](CO[C@H]3O[C@H](CO)[C@@H](O)[C@H](O)[C@@H]3O[C@@H]3O[C@H](CO)[C@@H](O[C@@H]4O[C@H](CO)[C@H](O)[C@H](O)[C@H]4O)[C@H](O)[C@H]3NC(C)=O)[C@@H](O)[C@H](O[C@H]3O[C@H](CO)[C@@H](O)[C@H](O)[C@@H]3O[C@@H]3O[C@H](CO)[C@@H](O)[C@H](O[C@@H]4O[C@H](CO)[C@H](O)[C@H](O)[C@H]4O)[C@H]3NC(C)=O)[C@@H]2O)[C@@H]1O. The van der Waals surface area contributed by atoms with Crippen LogP contribution in [0.4, 0.5) is 0 Å². The molecule has 0 spiro atoms. The number of carbonyl (C=O) groups is 4. The molecule has 0 bridgehead atoms. The average molecular weight is 1790 g/mol. The molecule has 54 nitrogen and oxygen atoms in total. The van der Waals surface area contributed by atoms with Crippen LogP contribution in [0.25, 0.3) is 0 Å². The van der Waals surface area contributed by atoms with Gasteiger partial charge in [0.1, 0.15) is 238 Å². The van der Waals surface area contributed by atoms with Crippen LogP contribution in [0.15, 0.2) is 0 Å². The number of aliphatic hydroxyl groups excluding tert-OH is 27. The molecule has 0 aliphatic carbocycles. The summed E-state index contributed by atoms with van der Waals surface area (Å²) in [5.41, 5.74) is 0. The van der Waals surface area contributed by atoms with Gasteiger partial charge in [0.05, 0.1) is 65.6 Å². The fourth-order valence-corrected chi connectivity index (χ4v) is 15.8. The van der Waals surface area contributed by atoms with Crippen LogP contribution in [0.2, 0.25) is 0 Å². The molecule has 0 aromatic carbocycles. The third-order valence-corrected chi connectivity index (χ3v) is 22.4. The molecule has 54 heteroatoms. The van der Waals surface area contributed by atoms with Crippen LogP contribution in [0.5, 0.6) is 0 Å². The zero-order chi connectivity index (χ0) is 89.8. The molecular formula is C68H114N4O50. The fourth-order valence-electron chi connectivity index (χ4n) is 15.8. The van der Waals surface area contributed by atoms with Gasteiger partial charge < -0.3 is 249 Å². The average Bonchev–Trinajstić information content (AvgIpc) is 0.766. The predicted octanol–water partition coefficient (Wildman–Crippen LogP) is -21.2. The quantitative estimate of drug-likeness (QED) is 0.0306. The van der Waals surface area contributed by atoms with Crippen LogP contribution in [0.3, 0.4) is 0 Å². The van der Waals surface area contributed by atoms with E-state index >= 15 is 0 Å². The Morgan fingerprint density at radius 1 is 0.230 bits per heavy atom. The second kappa shape index (κ2) is 43.6. The molecule has 50 atom stereocenters. The van der Waals surface area contributed by atoms with E-state index in [1.807, 2.05) is 0 Å². The number of hydrogen-bond donors (Lipinski definition) is 31. The summed E-state index contributed by atoms with van der Waals surface area (Å²) in [6.07, 6.45) is -95.7. The van der Waals surface area contributed by atoms with Crippen molar-refractivity contribution in [2.24, 2.45) is 0 Å². The maximum Gasteiger partial charge on any atom is 0.217 e. The topological polar surface area (TPSA) is 838 Å². The van der Waals surface area contributed by atoms with Gasteiger partial charge in [-0.2, -0.15) is 0 Å². The van der Waals surface area contributed by atoms with Gasteiger partial charge in [-0.25, -0.2) is 0 Å². The van der Waals surface area contributed by atoms with Gasteiger partial charge in [-0.1, -0.05) is 0 Å². The molecule has 10 heterocycles. The van der Waals surface area contributed by atoms with Gasteiger partial charge in [0, 0.05) is 27.7 Å². The van der Waals surface area contributed by atoms with E-state index in [0.29, 0.717) is 0 Å². The minimum absolute atomic E-state index is 0.847. The Labute approximate surface area is 691 Å². The van der Waals surface area contributed by atoms with Gasteiger partial charge in [0.15, 0.2) is 62.9 Å². The summed E-state index contributed by atoms with van der Waals surface area (Å²) in [7, 11) is 0. The van der Waals surface area contributed by atoms with E-state index < -0.39 is 390 Å². The molecule has 10 saturated heterocycles. The van der Waals surface area contributed by atoms with Crippen molar-refractivity contribution >= 4 is 23.6 Å². The Hall–Kier alpha value is -3.96. The number of nitrogens with one attached hydrogen (secondary N) is 4. The van der Waals surface area contributed by atoms with Crippen molar-refractivity contribution in [2.45, 2.75) is 341 Å². The number of rotatable bonds is 31. The van der Waals surface area contributed by atoms with Gasteiger partial charge in [0.25, 0.3) is 0 Å². The van der Waals surface area contributed by atoms with Gasteiger partial charge in [-0.15, -0.1) is 0 Å². The van der Waals surface area contributed by atoms with E-state index in [1.54, 1.807) is 0 Å². The number of amides is 4. The number of carbonyl (C=O) groups excluding carboxylic acids is 4. The maximum absolute atomic E-state index is 13.3. The second-order valence-electron chi connectivity index (χ2n) is 31.0. The smallest absolute Gasteiger partial charge is 0.217 e. The lowest BCUT2D eigenvalue weighted by atomic mass is 9.93. The van der Waals surface area contributed by atoms with Gasteiger partial charge in [0.2, 0.25) is 23.6 Å². The molecule has 0 aromatic heterocycles. The number of ether oxygens (including phenoxy) is 19. The molecule has 1 unspecified atom stereocenters. The van der Waals surface area contributed by atoms with E-state index in [1.165, 1.54) is 6.92 Å². The third kappa shape index (κ3) is 22.0. The zero-order valence-corrected chi connectivity index (χ0v) is 65.7. The zero-order valence-electron chi connectivity index (χ0n) is 65.7. The van der Waals surface area contributed by atoms with Crippen molar-refractivity contribution in [2.75, 3.05) is 59.5 Å². The summed E-state index contributed by atoms with van der Waals surface area (Å²) >= 11 is 0. The van der Waals surface area contributed by atoms with Crippen molar-refractivity contribution < 1.29 is 247 Å². The highest BCUT2D eigenvalue weighted by Gasteiger charge is 2.62. The molecule has 10 aliphatic rings. The Morgan fingerprint density at radius 3 is 0.975 bits per heavy atom. The van der Waals surface area contributed by atoms with Gasteiger partial charge in [-0.3, -0.25) is 19.2 Å². The lowest BCUT2D eigenvalue weighted by Crippen LogP contribution is -2.71. The Bertz CT molecular complexity index is 3290. The highest BCUT2D eigenvalue weighted by molar-refractivity contribution is 5.74. The lowest BCUT2D eigenvalue weighted by molar-refractivity contribution is -0.399. The normalized spacial score (nSPS) is 49.7. The number of aliphatic hydroxyl groups is 27. The first-order chi connectivity index (χ1) is 57.7. The maximum atomic E-state index is 13.3. The van der Waals surface area contributed by atoms with E-state index in [9.17, 15) is 157 Å². The molecule has 4 amide bonds. The molecule has 0 aromatic rings. The lowest BCUT2D eigenvalue weighted by Gasteiger charge is -2.51. The minimum Gasteiger partial charge on any atom is -0.394 e. The van der Waals surface area contributed by atoms with Crippen LogP contribution in [0, 0.1) is 0 Å².